The van der Waals surface area contributed by atoms with Crippen molar-refractivity contribution in [2.75, 3.05) is 18.4 Å². The van der Waals surface area contributed by atoms with Gasteiger partial charge in [-0.1, -0.05) is 29.8 Å². The summed E-state index contributed by atoms with van der Waals surface area (Å²) >= 11 is 6.21. The lowest BCUT2D eigenvalue weighted by Crippen LogP contribution is -2.34. The Labute approximate surface area is 145 Å². The van der Waals surface area contributed by atoms with Gasteiger partial charge >= 0.3 is 0 Å². The van der Waals surface area contributed by atoms with E-state index >= 15 is 0 Å². The Bertz CT molecular complexity index is 789. The summed E-state index contributed by atoms with van der Waals surface area (Å²) < 4.78 is 0. The second kappa shape index (κ2) is 6.40. The van der Waals surface area contributed by atoms with Crippen molar-refractivity contribution in [2.45, 2.75) is 31.6 Å². The molecule has 1 aromatic carbocycles. The zero-order valence-corrected chi connectivity index (χ0v) is 14.1. The fourth-order valence-electron chi connectivity index (χ4n) is 3.00. The molecule has 1 aromatic heterocycles. The molecule has 0 spiro atoms. The van der Waals surface area contributed by atoms with Crippen LogP contribution in [0.1, 0.15) is 46.2 Å². The van der Waals surface area contributed by atoms with Crippen LogP contribution in [0.15, 0.2) is 24.3 Å². The van der Waals surface area contributed by atoms with Gasteiger partial charge in [0.25, 0.3) is 5.91 Å². The monoisotopic (exact) mass is 342 g/mol. The van der Waals surface area contributed by atoms with Crippen molar-refractivity contribution in [3.63, 3.8) is 0 Å². The lowest BCUT2D eigenvalue weighted by molar-refractivity contribution is 0.0940. The number of fused-ring (bicyclic) bond motifs is 1. The lowest BCUT2D eigenvalue weighted by Gasteiger charge is -2.20. The first-order valence-electron chi connectivity index (χ1n) is 8.38. The predicted octanol–water partition coefficient (Wildman–Crippen LogP) is 2.95. The van der Waals surface area contributed by atoms with Crippen LogP contribution < -0.4 is 10.6 Å². The van der Waals surface area contributed by atoms with E-state index in [1.165, 1.54) is 0 Å². The highest BCUT2D eigenvalue weighted by Gasteiger charge is 2.31. The second-order valence-electron chi connectivity index (χ2n) is 6.31. The Morgan fingerprint density at radius 1 is 1.25 bits per heavy atom. The van der Waals surface area contributed by atoms with Crippen LogP contribution >= 0.6 is 11.6 Å². The van der Waals surface area contributed by atoms with E-state index in [4.69, 9.17) is 16.6 Å². The molecule has 6 heteroatoms. The van der Waals surface area contributed by atoms with Gasteiger partial charge in [-0.3, -0.25) is 4.79 Å². The normalized spacial score (nSPS) is 16.5. The number of carbonyl (C=O) groups is 1. The highest BCUT2D eigenvalue weighted by Crippen LogP contribution is 2.39. The third kappa shape index (κ3) is 3.08. The molecule has 2 aliphatic rings. The molecular formula is C18H19ClN4O. The van der Waals surface area contributed by atoms with Crippen molar-refractivity contribution in [3.05, 3.63) is 51.9 Å². The van der Waals surface area contributed by atoms with Crippen LogP contribution in [0.25, 0.3) is 0 Å². The number of hydrogen-bond acceptors (Lipinski definition) is 4. The maximum atomic E-state index is 12.1. The molecule has 5 nitrogen and oxygen atoms in total. The van der Waals surface area contributed by atoms with Crippen LogP contribution in [0.2, 0.25) is 5.02 Å². The van der Waals surface area contributed by atoms with Gasteiger partial charge in [0.1, 0.15) is 17.3 Å². The van der Waals surface area contributed by atoms with E-state index < -0.39 is 0 Å². The van der Waals surface area contributed by atoms with E-state index in [-0.39, 0.29) is 5.91 Å². The standard InChI is InChI=1S/C18H19ClN4O/c19-14-4-2-1-3-11(14)7-9-20-17-13-8-10-21-18(24)15(13)22-16(23-17)12-5-6-12/h1-4,12H,5-10H2,(H,21,24)(H,20,22,23). The van der Waals surface area contributed by atoms with Crippen molar-refractivity contribution in [2.24, 2.45) is 0 Å². The summed E-state index contributed by atoms with van der Waals surface area (Å²) in [6.45, 7) is 1.36. The van der Waals surface area contributed by atoms with E-state index in [1.807, 2.05) is 24.3 Å². The van der Waals surface area contributed by atoms with Gasteiger partial charge in [-0.15, -0.1) is 0 Å². The van der Waals surface area contributed by atoms with E-state index in [0.717, 1.165) is 60.0 Å². The molecule has 2 aromatic rings. The van der Waals surface area contributed by atoms with Gasteiger partial charge in [0.15, 0.2) is 0 Å². The number of aromatic nitrogens is 2. The largest absolute Gasteiger partial charge is 0.369 e. The zero-order chi connectivity index (χ0) is 16.5. The minimum absolute atomic E-state index is 0.0882. The van der Waals surface area contributed by atoms with Gasteiger partial charge in [0, 0.05) is 29.6 Å². The Hall–Kier alpha value is -2.14. The molecule has 0 saturated heterocycles. The van der Waals surface area contributed by atoms with Crippen molar-refractivity contribution in [1.82, 2.24) is 15.3 Å². The van der Waals surface area contributed by atoms with Crippen LogP contribution in [0.5, 0.6) is 0 Å². The van der Waals surface area contributed by atoms with Gasteiger partial charge in [0.2, 0.25) is 0 Å². The number of rotatable bonds is 5. The summed E-state index contributed by atoms with van der Waals surface area (Å²) in [7, 11) is 0. The van der Waals surface area contributed by atoms with Gasteiger partial charge in [0.05, 0.1) is 0 Å². The molecule has 0 atom stereocenters. The van der Waals surface area contributed by atoms with Crippen molar-refractivity contribution >= 4 is 23.3 Å². The van der Waals surface area contributed by atoms with E-state index in [0.29, 0.717) is 18.2 Å². The van der Waals surface area contributed by atoms with Gasteiger partial charge in [-0.2, -0.15) is 0 Å². The summed E-state index contributed by atoms with van der Waals surface area (Å²) in [6, 6.07) is 7.85. The molecule has 0 bridgehead atoms. The molecule has 0 radical (unpaired) electrons. The number of nitrogens with one attached hydrogen (secondary N) is 2. The zero-order valence-electron chi connectivity index (χ0n) is 13.3. The summed E-state index contributed by atoms with van der Waals surface area (Å²) in [6.07, 6.45) is 3.79. The molecule has 1 aliphatic heterocycles. The number of amides is 1. The number of halogens is 1. The highest BCUT2D eigenvalue weighted by molar-refractivity contribution is 6.31. The number of hydrogen-bond donors (Lipinski definition) is 2. The van der Waals surface area contributed by atoms with Crippen molar-refractivity contribution in [1.29, 1.82) is 0 Å². The van der Waals surface area contributed by atoms with Crippen molar-refractivity contribution in [3.8, 4) is 0 Å². The highest BCUT2D eigenvalue weighted by atomic mass is 35.5. The quantitative estimate of drug-likeness (QED) is 0.876. The average molecular weight is 343 g/mol. The fraction of sp³-hybridized carbons (Fsp3) is 0.389. The Morgan fingerprint density at radius 2 is 2.08 bits per heavy atom. The van der Waals surface area contributed by atoms with Crippen LogP contribution in [0, 0.1) is 0 Å². The topological polar surface area (TPSA) is 66.9 Å². The second-order valence-corrected chi connectivity index (χ2v) is 6.71. The Morgan fingerprint density at radius 3 is 2.88 bits per heavy atom. The Kier molecular flexibility index (Phi) is 4.10. The summed E-state index contributed by atoms with van der Waals surface area (Å²) in [5.41, 5.74) is 2.58. The van der Waals surface area contributed by atoms with Gasteiger partial charge in [-0.05, 0) is 37.3 Å². The molecule has 1 saturated carbocycles. The number of nitrogens with zero attached hydrogens (tertiary/aromatic N) is 2. The first-order valence-corrected chi connectivity index (χ1v) is 8.76. The summed E-state index contributed by atoms with van der Waals surface area (Å²) in [4.78, 5) is 21.3. The van der Waals surface area contributed by atoms with Crippen molar-refractivity contribution < 1.29 is 4.79 Å². The average Bonchev–Trinajstić information content (AvgIpc) is 3.42. The molecule has 1 fully saturated rings. The molecular weight excluding hydrogens is 324 g/mol. The van der Waals surface area contributed by atoms with Crippen LogP contribution in [-0.2, 0) is 12.8 Å². The molecule has 1 amide bonds. The first-order chi connectivity index (χ1) is 11.7. The smallest absolute Gasteiger partial charge is 0.270 e. The first kappa shape index (κ1) is 15.4. The molecule has 0 unspecified atom stereocenters. The third-order valence-electron chi connectivity index (χ3n) is 4.49. The molecule has 1 aliphatic carbocycles. The number of benzene rings is 1. The maximum absolute atomic E-state index is 12.1. The molecule has 2 N–H and O–H groups in total. The number of carbonyl (C=O) groups excluding carboxylic acids is 1. The third-order valence-corrected chi connectivity index (χ3v) is 4.86. The summed E-state index contributed by atoms with van der Waals surface area (Å²) in [5.74, 6) is 1.93. The van der Waals surface area contributed by atoms with E-state index in [9.17, 15) is 4.79 Å². The summed E-state index contributed by atoms with van der Waals surface area (Å²) in [5, 5.41) is 7.05. The lowest BCUT2D eigenvalue weighted by atomic mass is 10.1. The number of anilines is 1. The van der Waals surface area contributed by atoms with Crippen LogP contribution in [0.3, 0.4) is 0 Å². The van der Waals surface area contributed by atoms with Crippen LogP contribution in [0.4, 0.5) is 5.82 Å². The fourth-order valence-corrected chi connectivity index (χ4v) is 3.23. The predicted molar refractivity (Wildman–Crippen MR) is 93.7 cm³/mol. The van der Waals surface area contributed by atoms with Crippen LogP contribution in [-0.4, -0.2) is 29.0 Å². The SMILES string of the molecule is O=C1NCCc2c(NCCc3ccccc3Cl)nc(C3CC3)nc21. The van der Waals surface area contributed by atoms with E-state index in [2.05, 4.69) is 15.6 Å². The molecule has 4 rings (SSSR count). The minimum Gasteiger partial charge on any atom is -0.369 e. The van der Waals surface area contributed by atoms with Gasteiger partial charge in [-0.25, -0.2) is 9.97 Å². The Balaban J connectivity index is 1.55. The molecule has 124 valence electrons. The van der Waals surface area contributed by atoms with Gasteiger partial charge < -0.3 is 10.6 Å². The minimum atomic E-state index is -0.0882. The van der Waals surface area contributed by atoms with E-state index in [1.54, 1.807) is 0 Å². The maximum Gasteiger partial charge on any atom is 0.270 e. The molecule has 2 heterocycles. The molecule has 24 heavy (non-hydrogen) atoms.